The van der Waals surface area contributed by atoms with E-state index in [4.69, 9.17) is 0 Å². The molecule has 112 valence electrons. The molecule has 0 aliphatic carbocycles. The zero-order valence-corrected chi connectivity index (χ0v) is 11.8. The molecular weight excluding hydrogens is 283 g/mol. The number of fused-ring (bicyclic) bond motifs is 1. The first-order valence-corrected chi connectivity index (χ1v) is 6.15. The van der Waals surface area contributed by atoms with Crippen LogP contribution in [0.4, 0.5) is 13.2 Å². The fourth-order valence-electron chi connectivity index (χ4n) is 1.92. The lowest BCUT2D eigenvalue weighted by Crippen LogP contribution is -2.09. The van der Waals surface area contributed by atoms with Gasteiger partial charge < -0.3 is 4.90 Å². The number of aromatic nitrogens is 2. The Morgan fingerprint density at radius 1 is 1.33 bits per heavy atom. The third-order valence-electron chi connectivity index (χ3n) is 2.88. The number of rotatable bonds is 3. The molecule has 0 atom stereocenters. The van der Waals surface area contributed by atoms with Crippen LogP contribution in [0.15, 0.2) is 30.6 Å². The molecule has 0 aliphatic rings. The summed E-state index contributed by atoms with van der Waals surface area (Å²) in [6.45, 7) is 1.59. The largest absolute Gasteiger partial charge is 0.417 e. The van der Waals surface area contributed by atoms with Gasteiger partial charge in [-0.1, -0.05) is 0 Å². The van der Waals surface area contributed by atoms with Crippen LogP contribution in [-0.4, -0.2) is 34.2 Å². The van der Waals surface area contributed by atoms with Gasteiger partial charge in [0.05, 0.1) is 11.3 Å². The Kier molecular flexibility index (Phi) is 3.76. The Morgan fingerprint density at radius 3 is 2.57 bits per heavy atom. The molecule has 0 fully saturated rings. The first-order valence-electron chi connectivity index (χ1n) is 6.15. The minimum Gasteiger partial charge on any atom is -0.383 e. The predicted octanol–water partition coefficient (Wildman–Crippen LogP) is 2.92. The van der Waals surface area contributed by atoms with Crippen LogP contribution in [-0.2, 0) is 6.18 Å². The van der Waals surface area contributed by atoms with E-state index in [1.165, 1.54) is 22.7 Å². The van der Waals surface area contributed by atoms with Crippen molar-refractivity contribution in [1.29, 1.82) is 0 Å². The number of ketones is 1. The molecule has 2 aromatic rings. The summed E-state index contributed by atoms with van der Waals surface area (Å²) in [5.41, 5.74) is 0.0112. The lowest BCUT2D eigenvalue weighted by atomic mass is 10.2. The quantitative estimate of drug-likeness (QED) is 0.646. The molecule has 7 heteroatoms. The van der Waals surface area contributed by atoms with Crippen molar-refractivity contribution in [3.05, 3.63) is 47.6 Å². The van der Waals surface area contributed by atoms with Gasteiger partial charge in [0.1, 0.15) is 11.3 Å². The Morgan fingerprint density at radius 2 is 2.00 bits per heavy atom. The molecular formula is C14H14F3N3O. The van der Waals surface area contributed by atoms with Crippen molar-refractivity contribution in [3.8, 4) is 0 Å². The van der Waals surface area contributed by atoms with Gasteiger partial charge in [0.15, 0.2) is 0 Å². The van der Waals surface area contributed by atoms with Crippen LogP contribution in [0.3, 0.4) is 0 Å². The van der Waals surface area contributed by atoms with Crippen LogP contribution < -0.4 is 0 Å². The first-order chi connectivity index (χ1) is 9.70. The van der Waals surface area contributed by atoms with E-state index in [0.717, 1.165) is 12.3 Å². The van der Waals surface area contributed by atoms with Crippen molar-refractivity contribution in [3.63, 3.8) is 0 Å². The monoisotopic (exact) mass is 297 g/mol. The molecule has 0 saturated carbocycles. The van der Waals surface area contributed by atoms with Crippen molar-refractivity contribution >= 4 is 11.4 Å². The van der Waals surface area contributed by atoms with Gasteiger partial charge in [0, 0.05) is 32.6 Å². The second-order valence-corrected chi connectivity index (χ2v) is 4.83. The van der Waals surface area contributed by atoms with Crippen LogP contribution in [0, 0.1) is 6.92 Å². The van der Waals surface area contributed by atoms with Gasteiger partial charge in [-0.2, -0.15) is 13.2 Å². The van der Waals surface area contributed by atoms with Crippen LogP contribution >= 0.6 is 0 Å². The predicted molar refractivity (Wildman–Crippen MR) is 72.1 cm³/mol. The molecule has 2 heterocycles. The number of alkyl halides is 3. The fourth-order valence-corrected chi connectivity index (χ4v) is 1.92. The van der Waals surface area contributed by atoms with E-state index in [0.29, 0.717) is 11.3 Å². The zero-order valence-electron chi connectivity index (χ0n) is 11.8. The van der Waals surface area contributed by atoms with Gasteiger partial charge in [-0.25, -0.2) is 4.98 Å². The van der Waals surface area contributed by atoms with Gasteiger partial charge >= 0.3 is 6.18 Å². The molecule has 0 unspecified atom stereocenters. The number of carbonyl (C=O) groups excluding carboxylic acids is 1. The normalized spacial score (nSPS) is 12.3. The van der Waals surface area contributed by atoms with Crippen LogP contribution in [0.5, 0.6) is 0 Å². The van der Waals surface area contributed by atoms with Gasteiger partial charge in [0.2, 0.25) is 5.78 Å². The molecule has 2 rings (SSSR count). The summed E-state index contributed by atoms with van der Waals surface area (Å²) in [6.07, 6.45) is -0.732. The molecule has 0 radical (unpaired) electrons. The van der Waals surface area contributed by atoms with Gasteiger partial charge in [-0.15, -0.1) is 0 Å². The molecule has 0 N–H and O–H groups in total. The van der Waals surface area contributed by atoms with E-state index in [2.05, 4.69) is 4.98 Å². The number of pyridine rings is 1. The summed E-state index contributed by atoms with van der Waals surface area (Å²) in [5, 5.41) is 0. The van der Waals surface area contributed by atoms with E-state index in [9.17, 15) is 18.0 Å². The van der Waals surface area contributed by atoms with Crippen molar-refractivity contribution in [2.45, 2.75) is 13.1 Å². The molecule has 0 aromatic carbocycles. The third kappa shape index (κ3) is 3.07. The second kappa shape index (κ2) is 5.23. The SMILES string of the molecule is Cc1nc2ccc(C(F)(F)F)cn2c1C(=O)/C=C/N(C)C. The number of imidazole rings is 1. The maximum absolute atomic E-state index is 12.8. The summed E-state index contributed by atoms with van der Waals surface area (Å²) in [7, 11) is 3.49. The van der Waals surface area contributed by atoms with Crippen LogP contribution in [0.2, 0.25) is 0 Å². The van der Waals surface area contributed by atoms with E-state index in [1.807, 2.05) is 0 Å². The summed E-state index contributed by atoms with van der Waals surface area (Å²) in [5.74, 6) is -0.395. The molecule has 4 nitrogen and oxygen atoms in total. The highest BCUT2D eigenvalue weighted by Crippen LogP contribution is 2.29. The first kappa shape index (κ1) is 15.1. The summed E-state index contributed by atoms with van der Waals surface area (Å²) in [4.78, 5) is 17.9. The number of carbonyl (C=O) groups is 1. The van der Waals surface area contributed by atoms with Crippen molar-refractivity contribution in [2.24, 2.45) is 0 Å². The smallest absolute Gasteiger partial charge is 0.383 e. The van der Waals surface area contributed by atoms with Crippen LogP contribution in [0.25, 0.3) is 5.65 Å². The van der Waals surface area contributed by atoms with E-state index in [-0.39, 0.29) is 5.69 Å². The van der Waals surface area contributed by atoms with Gasteiger partial charge in [-0.05, 0) is 19.1 Å². The van der Waals surface area contributed by atoms with E-state index >= 15 is 0 Å². The fraction of sp³-hybridized carbons (Fsp3) is 0.286. The number of hydrogen-bond acceptors (Lipinski definition) is 3. The van der Waals surface area contributed by atoms with Crippen molar-refractivity contribution < 1.29 is 18.0 Å². The van der Waals surface area contributed by atoms with Gasteiger partial charge in [0.25, 0.3) is 0 Å². The minimum absolute atomic E-state index is 0.134. The highest BCUT2D eigenvalue weighted by Gasteiger charge is 2.31. The molecule has 0 aliphatic heterocycles. The maximum atomic E-state index is 12.8. The lowest BCUT2D eigenvalue weighted by Gasteiger charge is -2.08. The highest BCUT2D eigenvalue weighted by atomic mass is 19.4. The molecule has 2 aromatic heterocycles. The van der Waals surface area contributed by atoms with Crippen molar-refractivity contribution in [1.82, 2.24) is 14.3 Å². The summed E-state index contributed by atoms with van der Waals surface area (Å²) >= 11 is 0. The summed E-state index contributed by atoms with van der Waals surface area (Å²) < 4.78 is 39.5. The average Bonchev–Trinajstić information content (AvgIpc) is 2.69. The Bertz CT molecular complexity index is 714. The minimum atomic E-state index is -4.47. The Hall–Kier alpha value is -2.31. The standard InChI is InChI=1S/C14H14F3N3O/c1-9-13(11(21)6-7-19(2)3)20-8-10(14(15,16)17)4-5-12(20)18-9/h4-8H,1-3H3/b7-6+. The Labute approximate surface area is 119 Å². The molecule has 0 bridgehead atoms. The zero-order chi connectivity index (χ0) is 15.8. The average molecular weight is 297 g/mol. The number of allylic oxidation sites excluding steroid dienone is 1. The highest BCUT2D eigenvalue weighted by molar-refractivity contribution is 6.04. The van der Waals surface area contributed by atoms with Crippen LogP contribution in [0.1, 0.15) is 21.7 Å². The lowest BCUT2D eigenvalue weighted by molar-refractivity contribution is -0.137. The molecule has 21 heavy (non-hydrogen) atoms. The topological polar surface area (TPSA) is 37.6 Å². The Balaban J connectivity index is 2.57. The second-order valence-electron chi connectivity index (χ2n) is 4.83. The number of halogens is 3. The van der Waals surface area contributed by atoms with Crippen molar-refractivity contribution in [2.75, 3.05) is 14.1 Å². The summed E-state index contributed by atoms with van der Waals surface area (Å²) in [6, 6.07) is 2.20. The van der Waals surface area contributed by atoms with E-state index in [1.54, 1.807) is 25.9 Å². The molecule has 0 spiro atoms. The number of nitrogens with zero attached hydrogens (tertiary/aromatic N) is 3. The number of hydrogen-bond donors (Lipinski definition) is 0. The van der Waals surface area contributed by atoms with E-state index < -0.39 is 17.5 Å². The molecule has 0 saturated heterocycles. The third-order valence-corrected chi connectivity index (χ3v) is 2.88. The number of aryl methyl sites for hydroxylation is 1. The maximum Gasteiger partial charge on any atom is 0.417 e. The van der Waals surface area contributed by atoms with Gasteiger partial charge in [-0.3, -0.25) is 9.20 Å². The molecule has 0 amide bonds.